The number of fused-ring (bicyclic) bond motifs is 1. The van der Waals surface area contributed by atoms with Crippen LogP contribution in [0, 0.1) is 5.92 Å². The fourth-order valence-electron chi connectivity index (χ4n) is 3.21. The molecule has 136 valence electrons. The van der Waals surface area contributed by atoms with Gasteiger partial charge in [0.1, 0.15) is 0 Å². The number of amides is 1. The molecule has 1 aliphatic heterocycles. The van der Waals surface area contributed by atoms with E-state index in [1.807, 2.05) is 29.2 Å². The smallest absolute Gasteiger partial charge is 0.352 e. The largest absolute Gasteiger partial charge is 0.416 e. The maximum absolute atomic E-state index is 12.8. The first-order valence-electron chi connectivity index (χ1n) is 8.31. The Bertz CT molecular complexity index is 799. The number of carbonyl (C=O) groups excluding carboxylic acids is 1. The normalized spacial score (nSPS) is 16.7. The third-order valence-corrected chi connectivity index (χ3v) is 4.49. The van der Waals surface area contributed by atoms with Gasteiger partial charge in [-0.1, -0.05) is 24.8 Å². The Morgan fingerprint density at radius 1 is 1.19 bits per heavy atom. The molecule has 0 bridgehead atoms. The van der Waals surface area contributed by atoms with Crippen molar-refractivity contribution < 1.29 is 18.0 Å². The molecule has 0 saturated carbocycles. The summed E-state index contributed by atoms with van der Waals surface area (Å²) in [7, 11) is 0. The lowest BCUT2D eigenvalue weighted by Gasteiger charge is -2.36. The Morgan fingerprint density at radius 3 is 2.54 bits per heavy atom. The van der Waals surface area contributed by atoms with Gasteiger partial charge in [-0.2, -0.15) is 13.2 Å². The molecule has 0 aromatic heterocycles. The molecule has 26 heavy (non-hydrogen) atoms. The molecule has 0 spiro atoms. The van der Waals surface area contributed by atoms with Crippen LogP contribution in [0.2, 0.25) is 0 Å². The molecule has 1 aliphatic rings. The van der Waals surface area contributed by atoms with E-state index in [9.17, 15) is 18.0 Å². The van der Waals surface area contributed by atoms with E-state index in [1.165, 1.54) is 18.2 Å². The minimum atomic E-state index is -4.35. The van der Waals surface area contributed by atoms with Crippen molar-refractivity contribution in [3.8, 4) is 0 Å². The Kier molecular flexibility index (Phi) is 5.02. The number of para-hydroxylation sites is 1. The highest BCUT2D eigenvalue weighted by molar-refractivity contribution is 5.86. The van der Waals surface area contributed by atoms with Crippen LogP contribution in [0.4, 0.5) is 24.5 Å². The summed E-state index contributed by atoms with van der Waals surface area (Å²) in [5.74, 6) is -0.0824. The lowest BCUT2D eigenvalue weighted by Crippen LogP contribution is -2.38. The number of alkyl halides is 3. The predicted octanol–water partition coefficient (Wildman–Crippen LogP) is 4.32. The quantitative estimate of drug-likeness (QED) is 0.824. The van der Waals surface area contributed by atoms with Gasteiger partial charge in [-0.15, -0.1) is 0 Å². The van der Waals surface area contributed by atoms with E-state index in [0.29, 0.717) is 18.8 Å². The van der Waals surface area contributed by atoms with Crippen LogP contribution in [0.15, 0.2) is 61.2 Å². The van der Waals surface area contributed by atoms with E-state index in [-0.39, 0.29) is 11.8 Å². The molecule has 0 fully saturated rings. The van der Waals surface area contributed by atoms with Crippen LogP contribution in [0.3, 0.4) is 0 Å². The SMILES string of the molecule is C=CC(=O)NC[C@@H]1Cc2ccccc2N(c2ccc(C(F)(F)F)cc2)C1. The van der Waals surface area contributed by atoms with E-state index >= 15 is 0 Å². The molecular formula is C20H19F3N2O. The van der Waals surface area contributed by atoms with Gasteiger partial charge in [0, 0.05) is 24.5 Å². The monoisotopic (exact) mass is 360 g/mol. The van der Waals surface area contributed by atoms with Crippen LogP contribution in [-0.4, -0.2) is 19.0 Å². The summed E-state index contributed by atoms with van der Waals surface area (Å²) in [6.45, 7) is 4.53. The van der Waals surface area contributed by atoms with Gasteiger partial charge in [0.15, 0.2) is 0 Å². The topological polar surface area (TPSA) is 32.3 Å². The molecule has 1 atom stereocenters. The highest BCUT2D eigenvalue weighted by Crippen LogP contribution is 2.37. The number of hydrogen-bond acceptors (Lipinski definition) is 2. The van der Waals surface area contributed by atoms with Crippen molar-refractivity contribution in [1.82, 2.24) is 5.32 Å². The van der Waals surface area contributed by atoms with Crippen molar-refractivity contribution in [2.75, 3.05) is 18.0 Å². The third-order valence-electron chi connectivity index (χ3n) is 4.49. The van der Waals surface area contributed by atoms with E-state index < -0.39 is 11.7 Å². The van der Waals surface area contributed by atoms with Gasteiger partial charge in [-0.25, -0.2) is 0 Å². The molecule has 2 aromatic carbocycles. The number of benzene rings is 2. The summed E-state index contributed by atoms with van der Waals surface area (Å²) in [6, 6.07) is 13.0. The number of nitrogens with zero attached hydrogens (tertiary/aromatic N) is 1. The highest BCUT2D eigenvalue weighted by Gasteiger charge is 2.31. The first kappa shape index (κ1) is 18.0. The molecule has 3 rings (SSSR count). The molecular weight excluding hydrogens is 341 g/mol. The summed E-state index contributed by atoms with van der Waals surface area (Å²) >= 11 is 0. The Morgan fingerprint density at radius 2 is 1.88 bits per heavy atom. The summed E-state index contributed by atoms with van der Waals surface area (Å²) in [4.78, 5) is 13.4. The van der Waals surface area contributed by atoms with Gasteiger partial charge in [-0.05, 0) is 54.3 Å². The van der Waals surface area contributed by atoms with Gasteiger partial charge in [0.2, 0.25) is 5.91 Å². The first-order valence-corrected chi connectivity index (χ1v) is 8.31. The van der Waals surface area contributed by atoms with E-state index in [2.05, 4.69) is 11.9 Å². The number of carbonyl (C=O) groups is 1. The molecule has 0 unspecified atom stereocenters. The molecule has 6 heteroatoms. The molecule has 0 aliphatic carbocycles. The summed E-state index contributed by atoms with van der Waals surface area (Å²) in [5, 5.41) is 2.80. The molecule has 1 amide bonds. The van der Waals surface area contributed by atoms with Crippen LogP contribution in [-0.2, 0) is 17.4 Å². The lowest BCUT2D eigenvalue weighted by atomic mass is 9.91. The number of halogens is 3. The molecule has 2 aromatic rings. The van der Waals surface area contributed by atoms with Crippen molar-refractivity contribution >= 4 is 17.3 Å². The lowest BCUT2D eigenvalue weighted by molar-refractivity contribution is -0.137. The van der Waals surface area contributed by atoms with E-state index in [1.54, 1.807) is 0 Å². The Hall–Kier alpha value is -2.76. The van der Waals surface area contributed by atoms with Crippen LogP contribution < -0.4 is 10.2 Å². The second kappa shape index (κ2) is 7.23. The molecule has 0 radical (unpaired) electrons. The number of hydrogen-bond donors (Lipinski definition) is 1. The van der Waals surface area contributed by atoms with Crippen molar-refractivity contribution in [3.63, 3.8) is 0 Å². The average molecular weight is 360 g/mol. The maximum Gasteiger partial charge on any atom is 0.416 e. The summed E-state index contributed by atoms with van der Waals surface area (Å²) in [6.07, 6.45) is -2.33. The fourth-order valence-corrected chi connectivity index (χ4v) is 3.21. The zero-order chi connectivity index (χ0) is 18.7. The zero-order valence-electron chi connectivity index (χ0n) is 14.1. The van der Waals surface area contributed by atoms with Crippen molar-refractivity contribution in [3.05, 3.63) is 72.3 Å². The van der Waals surface area contributed by atoms with Crippen molar-refractivity contribution in [2.24, 2.45) is 5.92 Å². The van der Waals surface area contributed by atoms with Gasteiger partial charge >= 0.3 is 6.18 Å². The van der Waals surface area contributed by atoms with E-state index in [4.69, 9.17) is 0 Å². The molecule has 0 saturated heterocycles. The summed E-state index contributed by atoms with van der Waals surface area (Å²) < 4.78 is 38.4. The predicted molar refractivity (Wildman–Crippen MR) is 95.3 cm³/mol. The van der Waals surface area contributed by atoms with E-state index in [0.717, 1.165) is 29.8 Å². The number of nitrogens with one attached hydrogen (secondary N) is 1. The zero-order valence-corrected chi connectivity index (χ0v) is 14.1. The van der Waals surface area contributed by atoms with Gasteiger partial charge in [0.25, 0.3) is 0 Å². The third kappa shape index (κ3) is 3.90. The summed E-state index contributed by atoms with van der Waals surface area (Å²) in [5.41, 5.74) is 2.13. The standard InChI is InChI=1S/C20H19F3N2O/c1-2-19(26)24-12-14-11-15-5-3-4-6-18(15)25(13-14)17-9-7-16(8-10-17)20(21,22)23/h2-10,14H,1,11-13H2,(H,24,26)/t14-/m0/s1. The van der Waals surface area contributed by atoms with Crippen molar-refractivity contribution in [1.29, 1.82) is 0 Å². The number of anilines is 2. The van der Waals surface area contributed by atoms with Crippen LogP contribution >= 0.6 is 0 Å². The molecule has 3 nitrogen and oxygen atoms in total. The Labute approximate surface area is 150 Å². The van der Waals surface area contributed by atoms with Gasteiger partial charge in [0.05, 0.1) is 5.56 Å². The molecule has 1 N–H and O–H groups in total. The number of rotatable bonds is 4. The fraction of sp³-hybridized carbons (Fsp3) is 0.250. The van der Waals surface area contributed by atoms with Crippen LogP contribution in [0.25, 0.3) is 0 Å². The van der Waals surface area contributed by atoms with Crippen LogP contribution in [0.1, 0.15) is 11.1 Å². The maximum atomic E-state index is 12.8. The molecule has 1 heterocycles. The minimum absolute atomic E-state index is 0.149. The van der Waals surface area contributed by atoms with Gasteiger partial charge < -0.3 is 10.2 Å². The van der Waals surface area contributed by atoms with Gasteiger partial charge in [-0.3, -0.25) is 4.79 Å². The average Bonchev–Trinajstić information content (AvgIpc) is 2.64. The minimum Gasteiger partial charge on any atom is -0.352 e. The second-order valence-corrected chi connectivity index (χ2v) is 6.30. The first-order chi connectivity index (χ1) is 12.4. The van der Waals surface area contributed by atoms with Crippen LogP contribution in [0.5, 0.6) is 0 Å². The highest BCUT2D eigenvalue weighted by atomic mass is 19.4. The Balaban J connectivity index is 1.87. The second-order valence-electron chi connectivity index (χ2n) is 6.30. The van der Waals surface area contributed by atoms with Crippen molar-refractivity contribution in [2.45, 2.75) is 12.6 Å².